The molecule has 0 saturated carbocycles. The lowest BCUT2D eigenvalue weighted by Gasteiger charge is -2.32. The van der Waals surface area contributed by atoms with E-state index in [1.807, 2.05) is 0 Å². The summed E-state index contributed by atoms with van der Waals surface area (Å²) in [6.45, 7) is 13.8. The predicted octanol–water partition coefficient (Wildman–Crippen LogP) is 5.56. The van der Waals surface area contributed by atoms with Gasteiger partial charge in [-0.05, 0) is 68.4 Å². The molecular weight excluding hydrogens is 216 g/mol. The maximum absolute atomic E-state index is 2.45. The molecule has 0 fully saturated rings. The van der Waals surface area contributed by atoms with E-state index in [1.54, 1.807) is 11.1 Å². The first-order valence-corrected chi connectivity index (χ1v) is 7.28. The Morgan fingerprint density at radius 1 is 0.944 bits per heavy atom. The van der Waals surface area contributed by atoms with Crippen molar-refractivity contribution in [3.63, 3.8) is 0 Å². The third kappa shape index (κ3) is 1.66. The summed E-state index contributed by atoms with van der Waals surface area (Å²) in [5.41, 5.74) is 9.38. The summed E-state index contributed by atoms with van der Waals surface area (Å²) < 4.78 is 0. The molecule has 1 aromatic rings. The van der Waals surface area contributed by atoms with Gasteiger partial charge < -0.3 is 0 Å². The van der Waals surface area contributed by atoms with Gasteiger partial charge in [0.25, 0.3) is 0 Å². The highest BCUT2D eigenvalue weighted by Gasteiger charge is 2.39. The first-order valence-electron chi connectivity index (χ1n) is 7.28. The average molecular weight is 242 g/mol. The fourth-order valence-electron chi connectivity index (χ4n) is 3.67. The number of benzene rings is 1. The molecule has 0 radical (unpaired) electrons. The summed E-state index contributed by atoms with van der Waals surface area (Å²) in [5, 5.41) is 0. The van der Waals surface area contributed by atoms with Crippen LogP contribution in [-0.4, -0.2) is 0 Å². The Hall–Kier alpha value is -1.04. The number of hydrogen-bond donors (Lipinski definition) is 0. The zero-order valence-corrected chi connectivity index (χ0v) is 12.8. The Bertz CT molecular complexity index is 505. The van der Waals surface area contributed by atoms with Crippen LogP contribution < -0.4 is 0 Å². The molecule has 0 heteroatoms. The van der Waals surface area contributed by atoms with Crippen LogP contribution in [0.4, 0.5) is 0 Å². The molecule has 18 heavy (non-hydrogen) atoms. The molecule has 0 spiro atoms. The van der Waals surface area contributed by atoms with E-state index in [9.17, 15) is 0 Å². The van der Waals surface area contributed by atoms with E-state index in [1.165, 1.54) is 41.5 Å². The summed E-state index contributed by atoms with van der Waals surface area (Å²) in [5.74, 6) is 0. The fourth-order valence-corrected chi connectivity index (χ4v) is 3.67. The van der Waals surface area contributed by atoms with Crippen LogP contribution in [0.2, 0.25) is 0 Å². The van der Waals surface area contributed by atoms with Crippen molar-refractivity contribution in [2.75, 3.05) is 0 Å². The maximum Gasteiger partial charge on any atom is 0.0168 e. The molecule has 1 unspecified atom stereocenters. The van der Waals surface area contributed by atoms with Crippen molar-refractivity contribution >= 4 is 5.57 Å². The Morgan fingerprint density at radius 3 is 2.11 bits per heavy atom. The molecule has 1 aromatic carbocycles. The summed E-state index contributed by atoms with van der Waals surface area (Å²) in [6, 6.07) is 4.85. The van der Waals surface area contributed by atoms with E-state index in [2.05, 4.69) is 53.7 Å². The molecule has 1 atom stereocenters. The second-order valence-electron chi connectivity index (χ2n) is 5.92. The first kappa shape index (κ1) is 13.4. The number of aryl methyl sites for hydroxylation is 2. The van der Waals surface area contributed by atoms with Crippen LogP contribution in [0.15, 0.2) is 17.7 Å². The van der Waals surface area contributed by atoms with E-state index in [0.717, 1.165) is 0 Å². The van der Waals surface area contributed by atoms with E-state index < -0.39 is 0 Å². The van der Waals surface area contributed by atoms with Gasteiger partial charge in [-0.2, -0.15) is 0 Å². The Labute approximate surface area is 112 Å². The predicted molar refractivity (Wildman–Crippen MR) is 81.1 cm³/mol. The highest BCUT2D eigenvalue weighted by molar-refractivity contribution is 5.79. The molecule has 1 aliphatic rings. The van der Waals surface area contributed by atoms with E-state index in [4.69, 9.17) is 0 Å². The minimum Gasteiger partial charge on any atom is -0.0653 e. The van der Waals surface area contributed by atoms with Gasteiger partial charge in [-0.25, -0.2) is 0 Å². The standard InChI is InChI=1S/C18H26/c1-7-9-18(8-2)15(6)14(5)16-10-12(3)13(4)11-17(16)18/h10-11H,7-9H2,1-6H3. The lowest BCUT2D eigenvalue weighted by Crippen LogP contribution is -2.24. The highest BCUT2D eigenvalue weighted by atomic mass is 14.4. The number of fused-ring (bicyclic) bond motifs is 1. The fraction of sp³-hybridized carbons (Fsp3) is 0.556. The van der Waals surface area contributed by atoms with E-state index >= 15 is 0 Å². The lowest BCUT2D eigenvalue weighted by atomic mass is 9.72. The van der Waals surface area contributed by atoms with Crippen LogP contribution in [-0.2, 0) is 5.41 Å². The second-order valence-corrected chi connectivity index (χ2v) is 5.92. The van der Waals surface area contributed by atoms with Gasteiger partial charge >= 0.3 is 0 Å². The molecule has 0 amide bonds. The van der Waals surface area contributed by atoms with Gasteiger partial charge in [0, 0.05) is 5.41 Å². The SMILES string of the molecule is CCCC1(CC)C(C)=C(C)c2cc(C)c(C)cc21. The van der Waals surface area contributed by atoms with Crippen LogP contribution in [0.3, 0.4) is 0 Å². The average Bonchev–Trinajstić information content (AvgIpc) is 2.54. The minimum atomic E-state index is 0.312. The molecular formula is C18H26. The van der Waals surface area contributed by atoms with Crippen LogP contribution in [0.25, 0.3) is 5.57 Å². The highest BCUT2D eigenvalue weighted by Crippen LogP contribution is 2.51. The molecule has 0 aromatic heterocycles. The Balaban J connectivity index is 2.71. The van der Waals surface area contributed by atoms with Crippen molar-refractivity contribution in [1.82, 2.24) is 0 Å². The first-order chi connectivity index (χ1) is 8.47. The number of allylic oxidation sites excluding steroid dienone is 2. The molecule has 0 aliphatic heterocycles. The molecule has 98 valence electrons. The molecule has 1 aliphatic carbocycles. The van der Waals surface area contributed by atoms with Gasteiger partial charge in [0.15, 0.2) is 0 Å². The van der Waals surface area contributed by atoms with Crippen LogP contribution in [0.1, 0.15) is 69.2 Å². The van der Waals surface area contributed by atoms with Gasteiger partial charge in [0.2, 0.25) is 0 Å². The summed E-state index contributed by atoms with van der Waals surface area (Å²) in [7, 11) is 0. The van der Waals surface area contributed by atoms with Crippen LogP contribution in [0.5, 0.6) is 0 Å². The Morgan fingerprint density at radius 2 is 1.56 bits per heavy atom. The van der Waals surface area contributed by atoms with Crippen molar-refractivity contribution in [2.24, 2.45) is 0 Å². The van der Waals surface area contributed by atoms with Crippen molar-refractivity contribution in [3.8, 4) is 0 Å². The van der Waals surface area contributed by atoms with Crippen molar-refractivity contribution in [3.05, 3.63) is 40.0 Å². The maximum atomic E-state index is 2.45. The van der Waals surface area contributed by atoms with Crippen molar-refractivity contribution in [1.29, 1.82) is 0 Å². The lowest BCUT2D eigenvalue weighted by molar-refractivity contribution is 0.448. The van der Waals surface area contributed by atoms with Crippen LogP contribution in [0, 0.1) is 13.8 Å². The molecule has 0 saturated heterocycles. The third-order valence-corrected chi connectivity index (χ3v) is 5.11. The van der Waals surface area contributed by atoms with Crippen LogP contribution >= 0.6 is 0 Å². The van der Waals surface area contributed by atoms with Crippen molar-refractivity contribution < 1.29 is 0 Å². The second kappa shape index (κ2) is 4.57. The molecule has 2 rings (SSSR count). The quantitative estimate of drug-likeness (QED) is 0.651. The summed E-state index contributed by atoms with van der Waals surface area (Å²) in [6.07, 6.45) is 3.76. The van der Waals surface area contributed by atoms with E-state index in [-0.39, 0.29) is 0 Å². The third-order valence-electron chi connectivity index (χ3n) is 5.11. The molecule has 0 bridgehead atoms. The number of hydrogen-bond acceptors (Lipinski definition) is 0. The normalized spacial score (nSPS) is 22.6. The minimum absolute atomic E-state index is 0.312. The summed E-state index contributed by atoms with van der Waals surface area (Å²) >= 11 is 0. The topological polar surface area (TPSA) is 0 Å². The summed E-state index contributed by atoms with van der Waals surface area (Å²) in [4.78, 5) is 0. The largest absolute Gasteiger partial charge is 0.0653 e. The van der Waals surface area contributed by atoms with Gasteiger partial charge in [0.05, 0.1) is 0 Å². The molecule has 0 heterocycles. The van der Waals surface area contributed by atoms with Gasteiger partial charge in [-0.15, -0.1) is 0 Å². The monoisotopic (exact) mass is 242 g/mol. The zero-order chi connectivity index (χ0) is 13.5. The zero-order valence-electron chi connectivity index (χ0n) is 12.8. The molecule has 0 nitrogen and oxygen atoms in total. The van der Waals surface area contributed by atoms with Gasteiger partial charge in [0.1, 0.15) is 0 Å². The van der Waals surface area contributed by atoms with Crippen molar-refractivity contribution in [2.45, 2.75) is 66.2 Å². The van der Waals surface area contributed by atoms with Gasteiger partial charge in [-0.1, -0.05) is 38.0 Å². The molecule has 0 N–H and O–H groups in total. The smallest absolute Gasteiger partial charge is 0.0168 e. The number of rotatable bonds is 3. The van der Waals surface area contributed by atoms with E-state index in [0.29, 0.717) is 5.41 Å². The Kier molecular flexibility index (Phi) is 3.40. The van der Waals surface area contributed by atoms with Gasteiger partial charge in [-0.3, -0.25) is 0 Å².